The molecule has 176 valence electrons. The van der Waals surface area contributed by atoms with Crippen molar-refractivity contribution < 1.29 is 23.8 Å². The average molecular weight is 475 g/mol. The van der Waals surface area contributed by atoms with Gasteiger partial charge in [0, 0.05) is 23.3 Å². The van der Waals surface area contributed by atoms with Gasteiger partial charge in [-0.05, 0) is 47.5 Å². The summed E-state index contributed by atoms with van der Waals surface area (Å²) in [6, 6.07) is 30.6. The van der Waals surface area contributed by atoms with Crippen LogP contribution in [-0.4, -0.2) is 11.9 Å². The highest BCUT2D eigenvalue weighted by molar-refractivity contribution is 5.84. The van der Waals surface area contributed by atoms with E-state index in [0.29, 0.717) is 11.5 Å². The molecule has 4 aromatic rings. The predicted molar refractivity (Wildman–Crippen MR) is 136 cm³/mol. The molecule has 4 aromatic carbocycles. The summed E-state index contributed by atoms with van der Waals surface area (Å²) in [6.07, 6.45) is 2.25. The van der Waals surface area contributed by atoms with Crippen molar-refractivity contribution in [3.05, 3.63) is 145 Å². The van der Waals surface area contributed by atoms with Crippen molar-refractivity contribution in [2.24, 2.45) is 0 Å². The third kappa shape index (κ3) is 3.87. The Labute approximate surface area is 208 Å². The lowest BCUT2D eigenvalue weighted by Gasteiger charge is -2.41. The molecule has 5 heteroatoms. The first-order valence-corrected chi connectivity index (χ1v) is 11.3. The zero-order valence-electron chi connectivity index (χ0n) is 19.3. The number of para-hydroxylation sites is 2. The number of carbonyl (C=O) groups is 2. The van der Waals surface area contributed by atoms with E-state index in [9.17, 15) is 9.59 Å². The molecule has 36 heavy (non-hydrogen) atoms. The van der Waals surface area contributed by atoms with Gasteiger partial charge in [-0.3, -0.25) is 0 Å². The zero-order chi connectivity index (χ0) is 25.1. The Kier molecular flexibility index (Phi) is 5.97. The van der Waals surface area contributed by atoms with Gasteiger partial charge >= 0.3 is 11.9 Å². The number of hydrogen-bond donors (Lipinski definition) is 0. The number of fused-ring (bicyclic) bond motifs is 2. The van der Waals surface area contributed by atoms with Gasteiger partial charge in [0.2, 0.25) is 0 Å². The fourth-order valence-electron chi connectivity index (χ4n) is 4.64. The standard InChI is InChI=1S/C31H22O5/c1-3-29(32)34-23-17-13-21(14-18-23)31(22-15-19-24(20-16-22)35-30(33)4-2)25-9-5-7-11-27(25)36-28-12-8-6-10-26(28)31/h3-20H,1-2H2. The van der Waals surface area contributed by atoms with E-state index in [2.05, 4.69) is 13.2 Å². The molecule has 0 aromatic heterocycles. The van der Waals surface area contributed by atoms with E-state index in [1.165, 1.54) is 0 Å². The molecule has 0 N–H and O–H groups in total. The lowest BCUT2D eigenvalue weighted by Crippen LogP contribution is -2.34. The van der Waals surface area contributed by atoms with Crippen LogP contribution < -0.4 is 14.2 Å². The fourth-order valence-corrected chi connectivity index (χ4v) is 4.64. The Morgan fingerprint density at radius 1 is 0.611 bits per heavy atom. The zero-order valence-corrected chi connectivity index (χ0v) is 19.3. The Hall–Kier alpha value is -4.90. The molecule has 0 amide bonds. The van der Waals surface area contributed by atoms with Crippen molar-refractivity contribution in [3.8, 4) is 23.0 Å². The van der Waals surface area contributed by atoms with E-state index in [0.717, 1.165) is 45.9 Å². The van der Waals surface area contributed by atoms with Gasteiger partial charge in [-0.2, -0.15) is 0 Å². The molecule has 0 aliphatic carbocycles. The van der Waals surface area contributed by atoms with Crippen molar-refractivity contribution in [3.63, 3.8) is 0 Å². The van der Waals surface area contributed by atoms with Crippen LogP contribution in [0.3, 0.4) is 0 Å². The second kappa shape index (κ2) is 9.39. The van der Waals surface area contributed by atoms with Gasteiger partial charge in [-0.1, -0.05) is 73.8 Å². The molecule has 0 atom stereocenters. The first kappa shape index (κ1) is 22.9. The third-order valence-electron chi connectivity index (χ3n) is 6.15. The highest BCUT2D eigenvalue weighted by Gasteiger charge is 2.45. The van der Waals surface area contributed by atoms with E-state index >= 15 is 0 Å². The van der Waals surface area contributed by atoms with Gasteiger partial charge in [-0.15, -0.1) is 0 Å². The van der Waals surface area contributed by atoms with Crippen LogP contribution in [-0.2, 0) is 15.0 Å². The molecule has 1 heterocycles. The maximum absolute atomic E-state index is 11.7. The molecule has 0 radical (unpaired) electrons. The normalized spacial score (nSPS) is 12.8. The van der Waals surface area contributed by atoms with Crippen molar-refractivity contribution >= 4 is 11.9 Å². The van der Waals surface area contributed by atoms with Crippen LogP contribution >= 0.6 is 0 Å². The SMILES string of the molecule is C=CC(=O)Oc1ccc(C2(c3ccc(OC(=O)C=C)cc3)c3ccccc3Oc3ccccc32)cc1. The summed E-state index contributed by atoms with van der Waals surface area (Å²) in [4.78, 5) is 23.4. The van der Waals surface area contributed by atoms with Crippen molar-refractivity contribution in [1.29, 1.82) is 0 Å². The van der Waals surface area contributed by atoms with Crippen LogP contribution in [0.25, 0.3) is 0 Å². The maximum Gasteiger partial charge on any atom is 0.335 e. The van der Waals surface area contributed by atoms with Crippen molar-refractivity contribution in [2.45, 2.75) is 5.41 Å². The molecule has 1 aliphatic heterocycles. The third-order valence-corrected chi connectivity index (χ3v) is 6.15. The molecular weight excluding hydrogens is 452 g/mol. The number of esters is 2. The lowest BCUT2D eigenvalue weighted by atomic mass is 9.63. The van der Waals surface area contributed by atoms with Gasteiger partial charge in [0.05, 0.1) is 5.41 Å². The van der Waals surface area contributed by atoms with Gasteiger partial charge in [-0.25, -0.2) is 9.59 Å². The van der Waals surface area contributed by atoms with Crippen molar-refractivity contribution in [1.82, 2.24) is 0 Å². The van der Waals surface area contributed by atoms with Gasteiger partial charge in [0.1, 0.15) is 23.0 Å². The van der Waals surface area contributed by atoms with Crippen LogP contribution in [0.1, 0.15) is 22.3 Å². The van der Waals surface area contributed by atoms with E-state index in [1.54, 1.807) is 24.3 Å². The molecule has 1 aliphatic rings. The van der Waals surface area contributed by atoms with E-state index in [1.807, 2.05) is 72.8 Å². The Morgan fingerprint density at radius 3 is 1.39 bits per heavy atom. The van der Waals surface area contributed by atoms with Crippen LogP contribution in [0.2, 0.25) is 0 Å². The minimum atomic E-state index is -0.757. The molecule has 0 spiro atoms. The second-order valence-electron chi connectivity index (χ2n) is 8.14. The van der Waals surface area contributed by atoms with Gasteiger partial charge < -0.3 is 14.2 Å². The summed E-state index contributed by atoms with van der Waals surface area (Å²) in [5.41, 5.74) is 3.04. The fraction of sp³-hybridized carbons (Fsp3) is 0.0323. The first-order valence-electron chi connectivity index (χ1n) is 11.3. The Morgan fingerprint density at radius 2 is 1.00 bits per heavy atom. The monoisotopic (exact) mass is 474 g/mol. The second-order valence-corrected chi connectivity index (χ2v) is 8.14. The summed E-state index contributed by atoms with van der Waals surface area (Å²) in [7, 11) is 0. The van der Waals surface area contributed by atoms with Crippen LogP contribution in [0, 0.1) is 0 Å². The topological polar surface area (TPSA) is 61.8 Å². The highest BCUT2D eigenvalue weighted by Crippen LogP contribution is 2.55. The molecule has 0 saturated heterocycles. The molecule has 5 nitrogen and oxygen atoms in total. The summed E-state index contributed by atoms with van der Waals surface area (Å²) < 4.78 is 16.9. The summed E-state index contributed by atoms with van der Waals surface area (Å²) >= 11 is 0. The van der Waals surface area contributed by atoms with Gasteiger partial charge in [0.25, 0.3) is 0 Å². The summed E-state index contributed by atoms with van der Waals surface area (Å²) in [6.45, 7) is 6.91. The molecule has 0 fully saturated rings. The molecule has 0 saturated carbocycles. The predicted octanol–water partition coefficient (Wildman–Crippen LogP) is 6.36. The van der Waals surface area contributed by atoms with Gasteiger partial charge in [0.15, 0.2) is 0 Å². The average Bonchev–Trinajstić information content (AvgIpc) is 2.92. The van der Waals surface area contributed by atoms with Crippen molar-refractivity contribution in [2.75, 3.05) is 0 Å². The lowest BCUT2D eigenvalue weighted by molar-refractivity contribution is -0.129. The van der Waals surface area contributed by atoms with Crippen LogP contribution in [0.5, 0.6) is 23.0 Å². The van der Waals surface area contributed by atoms with E-state index in [-0.39, 0.29) is 0 Å². The maximum atomic E-state index is 11.7. The number of hydrogen-bond acceptors (Lipinski definition) is 5. The van der Waals surface area contributed by atoms with E-state index in [4.69, 9.17) is 14.2 Å². The minimum Gasteiger partial charge on any atom is -0.457 e. The summed E-state index contributed by atoms with van der Waals surface area (Å²) in [5.74, 6) is 1.26. The molecule has 0 bridgehead atoms. The Balaban J connectivity index is 1.75. The number of carbonyl (C=O) groups excluding carboxylic acids is 2. The highest BCUT2D eigenvalue weighted by atomic mass is 16.5. The summed E-state index contributed by atoms with van der Waals surface area (Å²) in [5, 5.41) is 0. The molecular formula is C31H22O5. The smallest absolute Gasteiger partial charge is 0.335 e. The minimum absolute atomic E-state index is 0.416. The Bertz CT molecular complexity index is 1350. The van der Waals surface area contributed by atoms with Crippen LogP contribution in [0.4, 0.5) is 0 Å². The molecule has 0 unspecified atom stereocenters. The molecule has 5 rings (SSSR count). The number of benzene rings is 4. The first-order chi connectivity index (χ1) is 17.6. The quantitative estimate of drug-likeness (QED) is 0.163. The number of rotatable bonds is 6. The largest absolute Gasteiger partial charge is 0.457 e. The van der Waals surface area contributed by atoms with E-state index < -0.39 is 17.4 Å². The number of ether oxygens (including phenoxy) is 3. The van der Waals surface area contributed by atoms with Crippen LogP contribution in [0.15, 0.2) is 122 Å².